The number of likely N-dealkylation sites (N-methyl/N-ethyl adjacent to an activating group) is 1. The molecule has 6 rings (SSSR count). The lowest BCUT2D eigenvalue weighted by atomic mass is 9.99. The summed E-state index contributed by atoms with van der Waals surface area (Å²) in [5.74, 6) is 0.946. The third-order valence-corrected chi connectivity index (χ3v) is 7.91. The van der Waals surface area contributed by atoms with Crippen molar-refractivity contribution in [3.8, 4) is 28.0 Å². The topological polar surface area (TPSA) is 73.9 Å². The van der Waals surface area contributed by atoms with Crippen molar-refractivity contribution in [2.45, 2.75) is 6.92 Å². The Morgan fingerprint density at radius 3 is 2.41 bits per heavy atom. The predicted molar refractivity (Wildman–Crippen MR) is 155 cm³/mol. The van der Waals surface area contributed by atoms with E-state index in [1.165, 1.54) is 11.3 Å². The monoisotopic (exact) mass is 525 g/mol. The number of aromatic amines is 1. The molecule has 0 spiro atoms. The summed E-state index contributed by atoms with van der Waals surface area (Å²) in [5.41, 5.74) is 8.12. The third-order valence-electron chi connectivity index (χ3n) is 7.91. The van der Waals surface area contributed by atoms with Gasteiger partial charge in [-0.2, -0.15) is 0 Å². The van der Waals surface area contributed by atoms with Crippen LogP contribution >= 0.6 is 0 Å². The lowest BCUT2D eigenvalue weighted by Gasteiger charge is -2.35. The number of carbonyl (C=O) groups is 1. The summed E-state index contributed by atoms with van der Waals surface area (Å²) in [7, 11) is 3.92. The van der Waals surface area contributed by atoms with Crippen LogP contribution in [0.15, 0.2) is 54.9 Å². The molecule has 0 aliphatic carbocycles. The minimum Gasteiger partial charge on any atom is -0.495 e. The number of anilines is 1. The molecule has 2 saturated heterocycles. The zero-order chi connectivity index (χ0) is 26.9. The highest BCUT2D eigenvalue weighted by molar-refractivity contribution is 5.98. The number of amides is 1. The molecule has 0 atom stereocenters. The number of pyridine rings is 1. The summed E-state index contributed by atoms with van der Waals surface area (Å²) in [6.07, 6.45) is 3.90. The highest BCUT2D eigenvalue weighted by atomic mass is 16.5. The molecular formula is C31H35N5O3. The van der Waals surface area contributed by atoms with Crippen LogP contribution in [0.25, 0.3) is 33.3 Å². The lowest BCUT2D eigenvalue weighted by molar-refractivity contribution is 0.0303. The fraction of sp³-hybridized carbons (Fsp3) is 0.355. The molecule has 2 aliphatic rings. The number of carbonyl (C=O) groups excluding carboxylic acids is 1. The molecule has 202 valence electrons. The third kappa shape index (κ3) is 4.97. The number of H-pyrrole nitrogens is 1. The van der Waals surface area contributed by atoms with Gasteiger partial charge in [0.05, 0.1) is 26.0 Å². The number of benzene rings is 2. The van der Waals surface area contributed by atoms with Gasteiger partial charge in [-0.15, -0.1) is 0 Å². The van der Waals surface area contributed by atoms with Gasteiger partial charge in [0.1, 0.15) is 11.4 Å². The summed E-state index contributed by atoms with van der Waals surface area (Å²) >= 11 is 0. The number of nitrogens with zero attached hydrogens (tertiary/aromatic N) is 4. The second kappa shape index (κ2) is 10.7. The van der Waals surface area contributed by atoms with Crippen LogP contribution in [0.5, 0.6) is 5.75 Å². The van der Waals surface area contributed by atoms with Crippen LogP contribution in [-0.4, -0.2) is 92.3 Å². The Morgan fingerprint density at radius 1 is 0.949 bits per heavy atom. The number of fused-ring (bicyclic) bond motifs is 1. The van der Waals surface area contributed by atoms with Crippen molar-refractivity contribution < 1.29 is 14.3 Å². The second-order valence-corrected chi connectivity index (χ2v) is 10.4. The van der Waals surface area contributed by atoms with Crippen molar-refractivity contribution in [2.24, 2.45) is 0 Å². The summed E-state index contributed by atoms with van der Waals surface area (Å²) in [5, 5.41) is 1.04. The number of rotatable bonds is 5. The first-order chi connectivity index (χ1) is 19.0. The number of nitrogens with one attached hydrogen (secondary N) is 1. The summed E-state index contributed by atoms with van der Waals surface area (Å²) in [4.78, 5) is 27.5. The molecule has 2 aromatic carbocycles. The largest absolute Gasteiger partial charge is 0.495 e. The molecule has 8 heteroatoms. The van der Waals surface area contributed by atoms with Gasteiger partial charge in [-0.3, -0.25) is 4.79 Å². The minimum absolute atomic E-state index is 0.0528. The van der Waals surface area contributed by atoms with Gasteiger partial charge in [-0.1, -0.05) is 12.1 Å². The number of ether oxygens (including phenoxy) is 2. The zero-order valence-electron chi connectivity index (χ0n) is 22.9. The van der Waals surface area contributed by atoms with E-state index in [0.717, 1.165) is 65.2 Å². The Balaban J connectivity index is 1.30. The molecule has 0 unspecified atom stereocenters. The highest BCUT2D eigenvalue weighted by Crippen LogP contribution is 2.38. The first-order valence-corrected chi connectivity index (χ1v) is 13.6. The fourth-order valence-corrected chi connectivity index (χ4v) is 5.65. The standard InChI is InChI=1S/C31H35N5O3/c1-21-16-24(18-28(38-3)29(21)35-10-8-34(2)9-11-35)25-17-26-27(20-33-30(26)32-19-25)22-4-6-23(7-5-22)31(37)36-12-14-39-15-13-36/h4-7,16-20H,8-15H2,1-3H3,(H,32,33). The van der Waals surface area contributed by atoms with E-state index in [1.807, 2.05) is 41.6 Å². The van der Waals surface area contributed by atoms with Crippen LogP contribution in [0.1, 0.15) is 15.9 Å². The average Bonchev–Trinajstić information content (AvgIpc) is 3.41. The number of methoxy groups -OCH3 is 1. The van der Waals surface area contributed by atoms with E-state index in [-0.39, 0.29) is 5.91 Å². The highest BCUT2D eigenvalue weighted by Gasteiger charge is 2.22. The van der Waals surface area contributed by atoms with Gasteiger partial charge in [-0.05, 0) is 61.0 Å². The Morgan fingerprint density at radius 2 is 1.69 bits per heavy atom. The van der Waals surface area contributed by atoms with E-state index in [0.29, 0.717) is 31.9 Å². The maximum Gasteiger partial charge on any atom is 0.254 e. The predicted octanol–water partition coefficient (Wildman–Crippen LogP) is 4.44. The first-order valence-electron chi connectivity index (χ1n) is 13.6. The van der Waals surface area contributed by atoms with E-state index in [9.17, 15) is 4.79 Å². The van der Waals surface area contributed by atoms with E-state index in [2.05, 4.69) is 47.0 Å². The number of piperazine rings is 1. The number of hydrogen-bond acceptors (Lipinski definition) is 6. The van der Waals surface area contributed by atoms with E-state index in [4.69, 9.17) is 14.5 Å². The van der Waals surface area contributed by atoms with Gasteiger partial charge in [0, 0.05) is 73.7 Å². The van der Waals surface area contributed by atoms with Crippen LogP contribution in [0.4, 0.5) is 5.69 Å². The number of aryl methyl sites for hydroxylation is 1. The molecule has 1 N–H and O–H groups in total. The van der Waals surface area contributed by atoms with Crippen LogP contribution in [0.2, 0.25) is 0 Å². The first kappa shape index (κ1) is 25.4. The van der Waals surface area contributed by atoms with Crippen LogP contribution in [0.3, 0.4) is 0 Å². The van der Waals surface area contributed by atoms with Crippen molar-refractivity contribution >= 4 is 22.6 Å². The van der Waals surface area contributed by atoms with Crippen molar-refractivity contribution in [3.05, 3.63) is 66.0 Å². The molecule has 2 aromatic heterocycles. The van der Waals surface area contributed by atoms with Gasteiger partial charge in [0.2, 0.25) is 0 Å². The molecule has 0 radical (unpaired) electrons. The SMILES string of the molecule is COc1cc(-c2cnc3[nH]cc(-c4ccc(C(=O)N5CCOCC5)cc4)c3c2)cc(C)c1N1CCN(C)CC1. The molecule has 8 nitrogen and oxygen atoms in total. The molecule has 39 heavy (non-hydrogen) atoms. The van der Waals surface area contributed by atoms with Crippen molar-refractivity contribution in [1.82, 2.24) is 19.8 Å². The molecule has 2 fully saturated rings. The smallest absolute Gasteiger partial charge is 0.254 e. The Hall–Kier alpha value is -3.88. The van der Waals surface area contributed by atoms with Gasteiger partial charge in [0.15, 0.2) is 0 Å². The molecule has 4 aromatic rings. The molecule has 0 saturated carbocycles. The van der Waals surface area contributed by atoms with Crippen LogP contribution in [0, 0.1) is 6.92 Å². The van der Waals surface area contributed by atoms with E-state index >= 15 is 0 Å². The van der Waals surface area contributed by atoms with E-state index < -0.39 is 0 Å². The quantitative estimate of drug-likeness (QED) is 0.415. The second-order valence-electron chi connectivity index (χ2n) is 10.4. The van der Waals surface area contributed by atoms with Gasteiger partial charge in [0.25, 0.3) is 5.91 Å². The Bertz CT molecular complexity index is 1480. The maximum atomic E-state index is 12.9. The molecule has 2 aliphatic heterocycles. The normalized spacial score (nSPS) is 16.6. The Labute approximate surface area is 229 Å². The number of hydrogen-bond donors (Lipinski definition) is 1. The number of morpholine rings is 1. The average molecular weight is 526 g/mol. The van der Waals surface area contributed by atoms with Crippen molar-refractivity contribution in [1.29, 1.82) is 0 Å². The van der Waals surface area contributed by atoms with Gasteiger partial charge >= 0.3 is 0 Å². The lowest BCUT2D eigenvalue weighted by Crippen LogP contribution is -2.44. The summed E-state index contributed by atoms with van der Waals surface area (Å²) in [6, 6.07) is 14.4. The van der Waals surface area contributed by atoms with Crippen molar-refractivity contribution in [2.75, 3.05) is 71.5 Å². The summed E-state index contributed by atoms with van der Waals surface area (Å²) in [6.45, 7) is 8.70. The van der Waals surface area contributed by atoms with Crippen LogP contribution in [-0.2, 0) is 4.74 Å². The molecule has 1 amide bonds. The number of aromatic nitrogens is 2. The maximum absolute atomic E-state index is 12.9. The Kier molecular flexibility index (Phi) is 6.97. The molecule has 4 heterocycles. The van der Waals surface area contributed by atoms with Gasteiger partial charge in [-0.25, -0.2) is 4.98 Å². The molecule has 0 bridgehead atoms. The van der Waals surface area contributed by atoms with Crippen LogP contribution < -0.4 is 9.64 Å². The van der Waals surface area contributed by atoms with Crippen molar-refractivity contribution in [3.63, 3.8) is 0 Å². The van der Waals surface area contributed by atoms with E-state index in [1.54, 1.807) is 7.11 Å². The molecular weight excluding hydrogens is 490 g/mol. The van der Waals surface area contributed by atoms with Gasteiger partial charge < -0.3 is 29.2 Å². The zero-order valence-corrected chi connectivity index (χ0v) is 22.9. The summed E-state index contributed by atoms with van der Waals surface area (Å²) < 4.78 is 11.3. The minimum atomic E-state index is 0.0528. The fourth-order valence-electron chi connectivity index (χ4n) is 5.65.